The van der Waals surface area contributed by atoms with Gasteiger partial charge in [0.05, 0.1) is 0 Å². The molecule has 1 heterocycles. The first-order chi connectivity index (χ1) is 8.60. The van der Waals surface area contributed by atoms with Gasteiger partial charge in [-0.1, -0.05) is 24.6 Å². The highest BCUT2D eigenvalue weighted by atomic mass is 35.5. The molecule has 0 spiro atoms. The molecule has 0 aromatic heterocycles. The Kier molecular flexibility index (Phi) is 4.49. The summed E-state index contributed by atoms with van der Waals surface area (Å²) in [6.45, 7) is 9.94. The fourth-order valence-electron chi connectivity index (χ4n) is 2.63. The summed E-state index contributed by atoms with van der Waals surface area (Å²) in [5.41, 5.74) is 7.98. The standard InChI is InChI=1S/C14H22ClN3/c1-3-18-7-6-17(9-11(18)2)10-12-4-5-13(15)8-14(12)16/h4-5,8,11H,3,6-7,9-10,16H2,1-2H3. The lowest BCUT2D eigenvalue weighted by Crippen LogP contribution is -2.51. The number of nitrogens with two attached hydrogens (primary N) is 1. The Morgan fingerprint density at radius 2 is 2.17 bits per heavy atom. The third-order valence-electron chi connectivity index (χ3n) is 3.76. The summed E-state index contributed by atoms with van der Waals surface area (Å²) in [6, 6.07) is 6.41. The van der Waals surface area contributed by atoms with Crippen molar-refractivity contribution in [3.05, 3.63) is 28.8 Å². The van der Waals surface area contributed by atoms with Gasteiger partial charge in [-0.3, -0.25) is 9.80 Å². The van der Waals surface area contributed by atoms with Crippen LogP contribution in [0.5, 0.6) is 0 Å². The second kappa shape index (κ2) is 5.91. The van der Waals surface area contributed by atoms with E-state index < -0.39 is 0 Å². The fraction of sp³-hybridized carbons (Fsp3) is 0.571. The summed E-state index contributed by atoms with van der Waals surface area (Å²) in [6.07, 6.45) is 0. The highest BCUT2D eigenvalue weighted by Crippen LogP contribution is 2.21. The zero-order valence-corrected chi connectivity index (χ0v) is 12.0. The minimum Gasteiger partial charge on any atom is -0.398 e. The molecular formula is C14H22ClN3. The van der Waals surface area contributed by atoms with Crippen molar-refractivity contribution >= 4 is 17.3 Å². The van der Waals surface area contributed by atoms with Crippen LogP contribution in [0.25, 0.3) is 0 Å². The Balaban J connectivity index is 1.98. The molecule has 3 nitrogen and oxygen atoms in total. The normalized spacial score (nSPS) is 22.3. The third kappa shape index (κ3) is 3.16. The van der Waals surface area contributed by atoms with Crippen molar-refractivity contribution in [1.82, 2.24) is 9.80 Å². The van der Waals surface area contributed by atoms with Crippen LogP contribution in [0.1, 0.15) is 19.4 Å². The van der Waals surface area contributed by atoms with Crippen molar-refractivity contribution < 1.29 is 0 Å². The number of benzene rings is 1. The van der Waals surface area contributed by atoms with Gasteiger partial charge in [0.15, 0.2) is 0 Å². The van der Waals surface area contributed by atoms with Gasteiger partial charge in [-0.15, -0.1) is 0 Å². The molecule has 1 unspecified atom stereocenters. The highest BCUT2D eigenvalue weighted by Gasteiger charge is 2.22. The first-order valence-electron chi connectivity index (χ1n) is 6.60. The van der Waals surface area contributed by atoms with Gasteiger partial charge in [-0.25, -0.2) is 0 Å². The average molecular weight is 268 g/mol. The molecule has 1 fully saturated rings. The van der Waals surface area contributed by atoms with Gasteiger partial charge in [0, 0.05) is 42.9 Å². The van der Waals surface area contributed by atoms with Crippen molar-refractivity contribution in [2.45, 2.75) is 26.4 Å². The quantitative estimate of drug-likeness (QED) is 0.854. The van der Waals surface area contributed by atoms with Gasteiger partial charge < -0.3 is 5.73 Å². The monoisotopic (exact) mass is 267 g/mol. The minimum atomic E-state index is 0.622. The predicted molar refractivity (Wildman–Crippen MR) is 77.9 cm³/mol. The molecule has 100 valence electrons. The van der Waals surface area contributed by atoms with Gasteiger partial charge in [-0.05, 0) is 31.2 Å². The number of nitrogen functional groups attached to an aromatic ring is 1. The molecule has 0 saturated carbocycles. The lowest BCUT2D eigenvalue weighted by atomic mass is 10.1. The van der Waals surface area contributed by atoms with Gasteiger partial charge in [0.25, 0.3) is 0 Å². The Morgan fingerprint density at radius 3 is 2.78 bits per heavy atom. The summed E-state index contributed by atoms with van der Waals surface area (Å²) in [5, 5.41) is 0.709. The molecule has 2 rings (SSSR count). The van der Waals surface area contributed by atoms with E-state index >= 15 is 0 Å². The lowest BCUT2D eigenvalue weighted by Gasteiger charge is -2.39. The van der Waals surface area contributed by atoms with Gasteiger partial charge in [-0.2, -0.15) is 0 Å². The lowest BCUT2D eigenvalue weighted by molar-refractivity contribution is 0.0836. The van der Waals surface area contributed by atoms with Crippen LogP contribution < -0.4 is 5.73 Å². The maximum Gasteiger partial charge on any atom is 0.0426 e. The molecule has 0 aliphatic carbocycles. The summed E-state index contributed by atoms with van der Waals surface area (Å²) < 4.78 is 0. The Hall–Kier alpha value is -0.770. The molecule has 1 aliphatic heterocycles. The van der Waals surface area contributed by atoms with Gasteiger partial charge >= 0.3 is 0 Å². The molecule has 1 aromatic rings. The van der Waals surface area contributed by atoms with Crippen LogP contribution in [0.2, 0.25) is 5.02 Å². The molecular weight excluding hydrogens is 246 g/mol. The van der Waals surface area contributed by atoms with Gasteiger partial charge in [0.1, 0.15) is 0 Å². The average Bonchev–Trinajstić information content (AvgIpc) is 2.33. The van der Waals surface area contributed by atoms with Crippen molar-refractivity contribution in [2.24, 2.45) is 0 Å². The molecule has 4 heteroatoms. The molecule has 1 saturated heterocycles. The molecule has 2 N–H and O–H groups in total. The van der Waals surface area contributed by atoms with E-state index in [9.17, 15) is 0 Å². The number of rotatable bonds is 3. The Morgan fingerprint density at radius 1 is 1.39 bits per heavy atom. The van der Waals surface area contributed by atoms with Crippen molar-refractivity contribution in [2.75, 3.05) is 31.9 Å². The number of halogens is 1. The second-order valence-electron chi connectivity index (χ2n) is 5.06. The van der Waals surface area contributed by atoms with E-state index in [0.29, 0.717) is 11.1 Å². The second-order valence-corrected chi connectivity index (χ2v) is 5.49. The van der Waals surface area contributed by atoms with Crippen LogP contribution in [-0.2, 0) is 6.54 Å². The molecule has 1 aliphatic rings. The van der Waals surface area contributed by atoms with E-state index in [4.69, 9.17) is 17.3 Å². The largest absolute Gasteiger partial charge is 0.398 e. The number of hydrogen-bond acceptors (Lipinski definition) is 3. The van der Waals surface area contributed by atoms with E-state index in [0.717, 1.165) is 38.4 Å². The van der Waals surface area contributed by atoms with E-state index in [-0.39, 0.29) is 0 Å². The zero-order chi connectivity index (χ0) is 13.1. The minimum absolute atomic E-state index is 0.622. The van der Waals surface area contributed by atoms with E-state index in [1.807, 2.05) is 18.2 Å². The zero-order valence-electron chi connectivity index (χ0n) is 11.2. The number of piperazine rings is 1. The van der Waals surface area contributed by atoms with Crippen molar-refractivity contribution in [1.29, 1.82) is 0 Å². The Labute approximate surface area is 115 Å². The molecule has 0 amide bonds. The Bertz CT molecular complexity index is 408. The topological polar surface area (TPSA) is 32.5 Å². The third-order valence-corrected chi connectivity index (χ3v) is 3.99. The van der Waals surface area contributed by atoms with Crippen LogP contribution in [-0.4, -0.2) is 42.0 Å². The summed E-state index contributed by atoms with van der Waals surface area (Å²) in [7, 11) is 0. The van der Waals surface area contributed by atoms with Crippen LogP contribution in [0.4, 0.5) is 5.69 Å². The SMILES string of the molecule is CCN1CCN(Cc2ccc(Cl)cc2N)CC1C. The van der Waals surface area contributed by atoms with Crippen molar-refractivity contribution in [3.63, 3.8) is 0 Å². The predicted octanol–water partition coefficient (Wildman–Crippen LogP) is 2.45. The molecule has 0 bridgehead atoms. The fourth-order valence-corrected chi connectivity index (χ4v) is 2.82. The molecule has 1 atom stereocenters. The van der Waals surface area contributed by atoms with E-state index in [1.54, 1.807) is 0 Å². The molecule has 1 aromatic carbocycles. The van der Waals surface area contributed by atoms with E-state index in [2.05, 4.69) is 23.6 Å². The number of hydrogen-bond donors (Lipinski definition) is 1. The highest BCUT2D eigenvalue weighted by molar-refractivity contribution is 6.30. The number of anilines is 1. The molecule has 18 heavy (non-hydrogen) atoms. The smallest absolute Gasteiger partial charge is 0.0426 e. The summed E-state index contributed by atoms with van der Waals surface area (Å²) in [4.78, 5) is 4.98. The number of likely N-dealkylation sites (N-methyl/N-ethyl adjacent to an activating group) is 1. The summed E-state index contributed by atoms with van der Waals surface area (Å²) >= 11 is 5.92. The van der Waals surface area contributed by atoms with Crippen LogP contribution in [0.3, 0.4) is 0 Å². The van der Waals surface area contributed by atoms with Gasteiger partial charge in [0.2, 0.25) is 0 Å². The van der Waals surface area contributed by atoms with Crippen LogP contribution >= 0.6 is 11.6 Å². The number of nitrogens with zero attached hydrogens (tertiary/aromatic N) is 2. The van der Waals surface area contributed by atoms with E-state index in [1.165, 1.54) is 5.56 Å². The maximum atomic E-state index is 6.01. The first kappa shape index (κ1) is 13.7. The van der Waals surface area contributed by atoms with Crippen LogP contribution in [0, 0.1) is 0 Å². The van der Waals surface area contributed by atoms with Crippen LogP contribution in [0.15, 0.2) is 18.2 Å². The molecule has 0 radical (unpaired) electrons. The first-order valence-corrected chi connectivity index (χ1v) is 6.98. The summed E-state index contributed by atoms with van der Waals surface area (Å²) in [5.74, 6) is 0. The van der Waals surface area contributed by atoms with Crippen molar-refractivity contribution in [3.8, 4) is 0 Å². The maximum absolute atomic E-state index is 6.01.